The van der Waals surface area contributed by atoms with Crippen LogP contribution in [0.4, 0.5) is 0 Å². The van der Waals surface area contributed by atoms with Crippen LogP contribution >= 0.6 is 0 Å². The monoisotopic (exact) mass is 473 g/mol. The van der Waals surface area contributed by atoms with Crippen molar-refractivity contribution in [3.05, 3.63) is 29.3 Å². The van der Waals surface area contributed by atoms with Crippen molar-refractivity contribution in [2.45, 2.75) is 68.4 Å². The van der Waals surface area contributed by atoms with Crippen molar-refractivity contribution in [1.29, 1.82) is 5.26 Å². The number of hydrogen-bond acceptors (Lipinski definition) is 8. The molecule has 7 atom stereocenters. The number of likely N-dealkylation sites (tertiary alicyclic amines) is 3. The number of H-pyrrole nitrogens is 1. The Morgan fingerprint density at radius 1 is 1.29 bits per heavy atom. The van der Waals surface area contributed by atoms with Gasteiger partial charge in [-0.25, -0.2) is 0 Å². The molecule has 0 spiro atoms. The number of aromatic nitrogens is 4. The summed E-state index contributed by atoms with van der Waals surface area (Å²) in [4.78, 5) is 32.4. The maximum Gasteiger partial charge on any atom is 0.242 e. The van der Waals surface area contributed by atoms with Gasteiger partial charge in [-0.1, -0.05) is 12.1 Å². The molecule has 7 rings (SSSR count). The molecule has 1 aromatic heterocycles. The third kappa shape index (κ3) is 3.13. The van der Waals surface area contributed by atoms with E-state index in [1.54, 1.807) is 4.90 Å². The van der Waals surface area contributed by atoms with Crippen LogP contribution in [0.3, 0.4) is 0 Å². The fourth-order valence-electron chi connectivity index (χ4n) is 7.02. The third-order valence-corrected chi connectivity index (χ3v) is 8.70. The number of rotatable bonds is 5. The zero-order chi connectivity index (χ0) is 23.8. The molecule has 1 unspecified atom stereocenters. The number of nitrogens with one attached hydrogen (secondary N) is 1. The number of amides is 2. The van der Waals surface area contributed by atoms with Gasteiger partial charge in [0.05, 0.1) is 24.2 Å². The Kier molecular flexibility index (Phi) is 4.53. The number of nitrogens with two attached hydrogens (primary N) is 1. The average Bonchev–Trinajstić information content (AvgIpc) is 3.43. The third-order valence-electron chi connectivity index (χ3n) is 8.70. The first-order valence-corrected chi connectivity index (χ1v) is 12.4. The van der Waals surface area contributed by atoms with Crippen LogP contribution in [0.5, 0.6) is 0 Å². The van der Waals surface area contributed by atoms with E-state index in [0.29, 0.717) is 18.3 Å². The molecule has 1 saturated carbocycles. The number of carbonyl (C=O) groups excluding carboxylic acids is 2. The quantitative estimate of drug-likeness (QED) is 0.616. The van der Waals surface area contributed by atoms with Gasteiger partial charge in [-0.15, -0.1) is 10.2 Å². The number of piperazine rings is 1. The van der Waals surface area contributed by atoms with E-state index in [1.165, 1.54) is 11.1 Å². The number of nitriles is 1. The minimum Gasteiger partial charge on any atom is -0.330 e. The predicted molar refractivity (Wildman–Crippen MR) is 122 cm³/mol. The van der Waals surface area contributed by atoms with Gasteiger partial charge in [0, 0.05) is 30.7 Å². The van der Waals surface area contributed by atoms with Crippen LogP contribution in [0.15, 0.2) is 18.2 Å². The van der Waals surface area contributed by atoms with Gasteiger partial charge in [-0.3, -0.25) is 14.5 Å². The number of aryl methyl sites for hydroxylation is 1. The molecule has 35 heavy (non-hydrogen) atoms. The summed E-state index contributed by atoms with van der Waals surface area (Å²) < 4.78 is 0. The highest BCUT2D eigenvalue weighted by Crippen LogP contribution is 2.48. The molecule has 4 heterocycles. The Morgan fingerprint density at radius 2 is 2.17 bits per heavy atom. The van der Waals surface area contributed by atoms with Crippen LogP contribution < -0.4 is 5.73 Å². The summed E-state index contributed by atoms with van der Waals surface area (Å²) in [6.07, 6.45) is 4.35. The molecule has 11 nitrogen and oxygen atoms in total. The summed E-state index contributed by atoms with van der Waals surface area (Å²) in [6.45, 7) is 1.10. The molecule has 2 aromatic rings. The van der Waals surface area contributed by atoms with Gasteiger partial charge in [-0.2, -0.15) is 10.5 Å². The molecule has 11 heteroatoms. The van der Waals surface area contributed by atoms with Gasteiger partial charge in [0.1, 0.15) is 6.04 Å². The Bertz CT molecular complexity index is 1240. The largest absolute Gasteiger partial charge is 0.330 e. The molecule has 180 valence electrons. The van der Waals surface area contributed by atoms with E-state index in [4.69, 9.17) is 5.73 Å². The van der Waals surface area contributed by atoms with E-state index in [1.807, 2.05) is 6.07 Å². The van der Waals surface area contributed by atoms with Crippen molar-refractivity contribution in [2.24, 2.45) is 11.7 Å². The van der Waals surface area contributed by atoms with Crippen LogP contribution in [0, 0.1) is 17.2 Å². The second-order valence-electron chi connectivity index (χ2n) is 10.6. The van der Waals surface area contributed by atoms with E-state index in [0.717, 1.165) is 44.2 Å². The zero-order valence-electron chi connectivity index (χ0n) is 19.2. The number of tetrazole rings is 1. The lowest BCUT2D eigenvalue weighted by Crippen LogP contribution is -2.57. The van der Waals surface area contributed by atoms with Gasteiger partial charge in [0.25, 0.3) is 0 Å². The predicted octanol–water partition coefficient (Wildman–Crippen LogP) is -0.0206. The number of hydrogen-bond donors (Lipinski definition) is 2. The first-order chi connectivity index (χ1) is 17.0. The number of benzene rings is 1. The highest BCUT2D eigenvalue weighted by molar-refractivity contribution is 5.87. The van der Waals surface area contributed by atoms with Crippen LogP contribution in [-0.2, 0) is 16.0 Å². The molecule has 2 aliphatic carbocycles. The van der Waals surface area contributed by atoms with Crippen LogP contribution in [0.1, 0.15) is 42.9 Å². The number of fused-ring (bicyclic) bond motifs is 4. The first-order valence-electron chi connectivity index (χ1n) is 12.4. The number of aromatic amines is 1. The van der Waals surface area contributed by atoms with Crippen LogP contribution in [-0.4, -0.2) is 90.4 Å². The van der Waals surface area contributed by atoms with E-state index in [2.05, 4.69) is 48.6 Å². The lowest BCUT2D eigenvalue weighted by atomic mass is 10.0. The van der Waals surface area contributed by atoms with E-state index in [9.17, 15) is 14.9 Å². The van der Waals surface area contributed by atoms with Crippen LogP contribution in [0.25, 0.3) is 11.4 Å². The minimum absolute atomic E-state index is 0.0806. The van der Waals surface area contributed by atoms with Crippen molar-refractivity contribution in [3.63, 3.8) is 0 Å². The SMILES string of the molecule is N#C[C@@H]1C[C@@H]2CC2N1C(=O)[C@@H](N)CN1C[C@@H]2C[C@H]1C(=O)N2[C@H]1CCc2cc(-c3nn[nH]n3)ccc21. The molecular formula is C24H27N9O2. The standard InChI is InChI=1S/C24H27N9O2/c25-9-15-6-14-7-20(14)32(15)23(34)18(26)11-31-10-16-8-21(31)24(35)33(16)19-4-2-12-5-13(1-3-17(12)19)22-27-29-30-28-22/h1,3,5,14-16,18-21H,2,4,6-8,10-11,26H2,(H,27,28,29,30)/t14-,15+,16+,18+,19+,20?,21+/m1/s1. The maximum atomic E-state index is 13.5. The zero-order valence-corrected chi connectivity index (χ0v) is 19.2. The molecule has 3 aliphatic heterocycles. The Hall–Kier alpha value is -3.36. The number of piperidine rings is 1. The van der Waals surface area contributed by atoms with Gasteiger partial charge >= 0.3 is 0 Å². The van der Waals surface area contributed by atoms with Crippen LogP contribution in [0.2, 0.25) is 0 Å². The molecular weight excluding hydrogens is 446 g/mol. The summed E-state index contributed by atoms with van der Waals surface area (Å²) in [7, 11) is 0. The highest BCUT2D eigenvalue weighted by Gasteiger charge is 2.56. The van der Waals surface area contributed by atoms with Gasteiger partial charge in [0.15, 0.2) is 0 Å². The fraction of sp³-hybridized carbons (Fsp3) is 0.583. The summed E-state index contributed by atoms with van der Waals surface area (Å²) in [6, 6.07) is 7.57. The van der Waals surface area contributed by atoms with Gasteiger partial charge < -0.3 is 15.5 Å². The summed E-state index contributed by atoms with van der Waals surface area (Å²) >= 11 is 0. The lowest BCUT2D eigenvalue weighted by molar-refractivity contribution is -0.141. The van der Waals surface area contributed by atoms with Gasteiger partial charge in [0.2, 0.25) is 17.6 Å². The molecule has 4 fully saturated rings. The Morgan fingerprint density at radius 3 is 2.94 bits per heavy atom. The van der Waals surface area contributed by atoms with Crippen molar-refractivity contribution < 1.29 is 9.59 Å². The van der Waals surface area contributed by atoms with Gasteiger partial charge in [-0.05, 0) is 60.4 Å². The molecule has 0 radical (unpaired) electrons. The topological polar surface area (TPSA) is 148 Å². The van der Waals surface area contributed by atoms with Crippen molar-refractivity contribution >= 4 is 11.8 Å². The second-order valence-corrected chi connectivity index (χ2v) is 10.6. The second kappa shape index (κ2) is 7.57. The first kappa shape index (κ1) is 21.0. The molecule has 5 aliphatic rings. The number of nitrogens with zero attached hydrogens (tertiary/aromatic N) is 7. The summed E-state index contributed by atoms with van der Waals surface area (Å²) in [5, 5.41) is 23.7. The molecule has 2 bridgehead atoms. The Labute approximate surface area is 202 Å². The maximum absolute atomic E-state index is 13.5. The normalized spacial score (nSPS) is 33.7. The molecule has 2 amide bonds. The summed E-state index contributed by atoms with van der Waals surface area (Å²) in [5.41, 5.74) is 9.70. The fourth-order valence-corrected chi connectivity index (χ4v) is 7.02. The van der Waals surface area contributed by atoms with Crippen molar-refractivity contribution in [3.8, 4) is 17.5 Å². The van der Waals surface area contributed by atoms with Crippen molar-refractivity contribution in [1.82, 2.24) is 35.3 Å². The molecule has 3 saturated heterocycles. The minimum atomic E-state index is -0.707. The van der Waals surface area contributed by atoms with E-state index in [-0.39, 0.29) is 42.0 Å². The lowest BCUT2D eigenvalue weighted by Gasteiger charge is -2.38. The average molecular weight is 474 g/mol. The smallest absolute Gasteiger partial charge is 0.242 e. The highest BCUT2D eigenvalue weighted by atomic mass is 16.2. The number of carbonyl (C=O) groups is 2. The van der Waals surface area contributed by atoms with E-state index < -0.39 is 6.04 Å². The van der Waals surface area contributed by atoms with E-state index >= 15 is 0 Å². The molecule has 3 N–H and O–H groups in total. The summed E-state index contributed by atoms with van der Waals surface area (Å²) in [5.74, 6) is 1.03. The molecule has 1 aromatic carbocycles. The Balaban J connectivity index is 1.03. The van der Waals surface area contributed by atoms with Crippen molar-refractivity contribution in [2.75, 3.05) is 13.1 Å².